The molecule has 2 bridgehead atoms. The van der Waals surface area contributed by atoms with E-state index in [1.807, 2.05) is 12.1 Å². The van der Waals surface area contributed by atoms with Crippen LogP contribution in [0.5, 0.6) is 0 Å². The highest BCUT2D eigenvalue weighted by Gasteiger charge is 2.58. The standard InChI is InChI=1S/C11H16N2O4/c12-5-11-6-16-10(17-11)7(8(14)9(11)15)13-3-1-2-4-13/h1-4,7-10,14-15H,5-6,12H2/t7-,8?,9-,10?,11+/m1/s1. The minimum absolute atomic E-state index is 0.125. The molecule has 4 N–H and O–H groups in total. The summed E-state index contributed by atoms with van der Waals surface area (Å²) in [5, 5.41) is 20.3. The number of fused-ring (bicyclic) bond motifs is 2. The van der Waals surface area contributed by atoms with Gasteiger partial charge in [-0.3, -0.25) is 0 Å². The summed E-state index contributed by atoms with van der Waals surface area (Å²) >= 11 is 0. The Balaban J connectivity index is 1.94. The highest BCUT2D eigenvalue weighted by Crippen LogP contribution is 2.41. The van der Waals surface area contributed by atoms with Crippen molar-refractivity contribution in [3.05, 3.63) is 24.5 Å². The Morgan fingerprint density at radius 1 is 1.35 bits per heavy atom. The zero-order valence-corrected chi connectivity index (χ0v) is 9.27. The van der Waals surface area contributed by atoms with Crippen molar-refractivity contribution in [2.75, 3.05) is 13.2 Å². The monoisotopic (exact) mass is 240 g/mol. The van der Waals surface area contributed by atoms with Crippen LogP contribution in [-0.4, -0.2) is 52.0 Å². The van der Waals surface area contributed by atoms with Gasteiger partial charge in [0.15, 0.2) is 6.29 Å². The topological polar surface area (TPSA) is 89.9 Å². The van der Waals surface area contributed by atoms with Crippen LogP contribution in [0.3, 0.4) is 0 Å². The molecule has 0 radical (unpaired) electrons. The van der Waals surface area contributed by atoms with Crippen LogP contribution in [0.1, 0.15) is 6.04 Å². The molecule has 2 saturated heterocycles. The highest BCUT2D eigenvalue weighted by molar-refractivity contribution is 5.08. The van der Waals surface area contributed by atoms with Crippen LogP contribution >= 0.6 is 0 Å². The van der Waals surface area contributed by atoms with E-state index in [1.165, 1.54) is 0 Å². The number of ether oxygens (including phenoxy) is 2. The van der Waals surface area contributed by atoms with Crippen LogP contribution < -0.4 is 5.73 Å². The molecule has 1 aromatic rings. The van der Waals surface area contributed by atoms with E-state index in [2.05, 4.69) is 0 Å². The molecule has 6 nitrogen and oxygen atoms in total. The Hall–Kier alpha value is -0.920. The van der Waals surface area contributed by atoms with Crippen molar-refractivity contribution < 1.29 is 19.7 Å². The predicted molar refractivity (Wildman–Crippen MR) is 58.1 cm³/mol. The number of nitrogens with zero attached hydrogens (tertiary/aromatic N) is 1. The molecule has 2 aliphatic heterocycles. The Bertz CT molecular complexity index is 396. The number of nitrogens with two attached hydrogens (primary N) is 1. The maximum absolute atomic E-state index is 10.2. The van der Waals surface area contributed by atoms with Crippen LogP contribution in [-0.2, 0) is 9.47 Å². The van der Waals surface area contributed by atoms with Crippen LogP contribution in [0.4, 0.5) is 0 Å². The van der Waals surface area contributed by atoms with Crippen LogP contribution in [0.2, 0.25) is 0 Å². The quantitative estimate of drug-likeness (QED) is 0.606. The number of hydrogen-bond donors (Lipinski definition) is 3. The maximum atomic E-state index is 10.2. The highest BCUT2D eigenvalue weighted by atomic mass is 16.7. The average molecular weight is 240 g/mol. The van der Waals surface area contributed by atoms with Crippen molar-refractivity contribution in [2.24, 2.45) is 5.73 Å². The van der Waals surface area contributed by atoms with Crippen molar-refractivity contribution in [1.82, 2.24) is 4.57 Å². The van der Waals surface area contributed by atoms with Gasteiger partial charge in [-0.15, -0.1) is 0 Å². The van der Waals surface area contributed by atoms with E-state index in [4.69, 9.17) is 15.2 Å². The first-order valence-electron chi connectivity index (χ1n) is 5.66. The molecule has 0 saturated carbocycles. The molecule has 17 heavy (non-hydrogen) atoms. The molecular formula is C11H16N2O4. The van der Waals surface area contributed by atoms with Crippen molar-refractivity contribution in [1.29, 1.82) is 0 Å². The first-order chi connectivity index (χ1) is 8.18. The SMILES string of the molecule is NC[C@@]12COC(O1)[C@H](n1cccc1)C(O)[C@H]2O. The molecule has 0 aliphatic carbocycles. The molecule has 2 aliphatic rings. The fraction of sp³-hybridized carbons (Fsp3) is 0.636. The van der Waals surface area contributed by atoms with Crippen molar-refractivity contribution >= 4 is 0 Å². The number of aliphatic hydroxyl groups excluding tert-OH is 2. The number of aliphatic hydroxyl groups is 2. The smallest absolute Gasteiger partial charge is 0.181 e. The Morgan fingerprint density at radius 3 is 2.71 bits per heavy atom. The molecule has 0 aromatic carbocycles. The summed E-state index contributed by atoms with van der Waals surface area (Å²) < 4.78 is 13.0. The fourth-order valence-corrected chi connectivity index (χ4v) is 2.60. The normalized spacial score (nSPS) is 45.1. The minimum atomic E-state index is -1.04. The summed E-state index contributed by atoms with van der Waals surface area (Å²) in [5.74, 6) is 0. The molecule has 0 spiro atoms. The first-order valence-corrected chi connectivity index (χ1v) is 5.66. The summed E-state index contributed by atoms with van der Waals surface area (Å²) in [6.07, 6.45) is 1.05. The zero-order valence-electron chi connectivity index (χ0n) is 9.27. The van der Waals surface area contributed by atoms with E-state index in [0.29, 0.717) is 0 Å². The van der Waals surface area contributed by atoms with E-state index in [1.54, 1.807) is 17.0 Å². The molecule has 2 unspecified atom stereocenters. The molecule has 5 atom stereocenters. The molecule has 1 aromatic heterocycles. The van der Waals surface area contributed by atoms with E-state index in [-0.39, 0.29) is 13.2 Å². The number of hydrogen-bond acceptors (Lipinski definition) is 5. The summed E-state index contributed by atoms with van der Waals surface area (Å²) in [6.45, 7) is 0.338. The van der Waals surface area contributed by atoms with Gasteiger partial charge in [-0.05, 0) is 12.1 Å². The van der Waals surface area contributed by atoms with Gasteiger partial charge in [-0.25, -0.2) is 0 Å². The van der Waals surface area contributed by atoms with E-state index in [9.17, 15) is 10.2 Å². The van der Waals surface area contributed by atoms with Crippen molar-refractivity contribution in [2.45, 2.75) is 30.1 Å². The Morgan fingerprint density at radius 2 is 2.06 bits per heavy atom. The zero-order chi connectivity index (χ0) is 12.0. The molecule has 2 fully saturated rings. The number of rotatable bonds is 2. The van der Waals surface area contributed by atoms with Gasteiger partial charge in [0.2, 0.25) is 0 Å². The number of aromatic nitrogens is 1. The summed E-state index contributed by atoms with van der Waals surface area (Å²) in [7, 11) is 0. The molecule has 3 rings (SSSR count). The minimum Gasteiger partial charge on any atom is -0.388 e. The largest absolute Gasteiger partial charge is 0.388 e. The lowest BCUT2D eigenvalue weighted by Crippen LogP contribution is -2.61. The van der Waals surface area contributed by atoms with Gasteiger partial charge in [-0.2, -0.15) is 0 Å². The Labute approximate surface area is 98.5 Å². The summed E-state index contributed by atoms with van der Waals surface area (Å²) in [4.78, 5) is 0. The second kappa shape index (κ2) is 3.79. The fourth-order valence-electron chi connectivity index (χ4n) is 2.60. The van der Waals surface area contributed by atoms with Gasteiger partial charge in [0.05, 0.1) is 6.61 Å². The first kappa shape index (κ1) is 11.2. The summed E-state index contributed by atoms with van der Waals surface area (Å²) in [5.41, 5.74) is 4.64. The average Bonchev–Trinajstić information content (AvgIpc) is 2.96. The van der Waals surface area contributed by atoms with E-state index in [0.717, 1.165) is 0 Å². The predicted octanol–water partition coefficient (Wildman–Crippen LogP) is -1.17. The van der Waals surface area contributed by atoms with Gasteiger partial charge in [0.1, 0.15) is 23.9 Å². The maximum Gasteiger partial charge on any atom is 0.181 e. The van der Waals surface area contributed by atoms with Gasteiger partial charge in [0, 0.05) is 18.9 Å². The van der Waals surface area contributed by atoms with Crippen LogP contribution in [0.15, 0.2) is 24.5 Å². The van der Waals surface area contributed by atoms with Crippen molar-refractivity contribution in [3.8, 4) is 0 Å². The van der Waals surface area contributed by atoms with E-state index < -0.39 is 30.1 Å². The molecule has 6 heteroatoms. The Kier molecular flexibility index (Phi) is 2.49. The second-order valence-corrected chi connectivity index (χ2v) is 4.62. The van der Waals surface area contributed by atoms with Gasteiger partial charge in [-0.1, -0.05) is 0 Å². The van der Waals surface area contributed by atoms with Crippen LogP contribution in [0.25, 0.3) is 0 Å². The van der Waals surface area contributed by atoms with Gasteiger partial charge < -0.3 is 30.0 Å². The molecule has 0 amide bonds. The third-order valence-electron chi connectivity index (χ3n) is 3.65. The second-order valence-electron chi connectivity index (χ2n) is 4.62. The summed E-state index contributed by atoms with van der Waals surface area (Å²) in [6, 6.07) is 3.25. The van der Waals surface area contributed by atoms with Crippen molar-refractivity contribution in [3.63, 3.8) is 0 Å². The molecule has 94 valence electrons. The van der Waals surface area contributed by atoms with E-state index >= 15 is 0 Å². The third kappa shape index (κ3) is 1.46. The lowest BCUT2D eigenvalue weighted by Gasteiger charge is -2.42. The molecule has 3 heterocycles. The van der Waals surface area contributed by atoms with Gasteiger partial charge in [0.25, 0.3) is 0 Å². The lowest BCUT2D eigenvalue weighted by atomic mass is 9.88. The van der Waals surface area contributed by atoms with Gasteiger partial charge >= 0.3 is 0 Å². The van der Waals surface area contributed by atoms with Crippen LogP contribution in [0, 0.1) is 0 Å². The lowest BCUT2D eigenvalue weighted by molar-refractivity contribution is -0.231. The third-order valence-corrected chi connectivity index (χ3v) is 3.65. The molecular weight excluding hydrogens is 224 g/mol.